The molecule has 1 rings (SSSR count). The van der Waals surface area contributed by atoms with Gasteiger partial charge < -0.3 is 0 Å². The first-order valence-electron chi connectivity index (χ1n) is 5.25. The molecule has 0 spiro atoms. The smallest absolute Gasteiger partial charge is 0.0280 e. The minimum atomic E-state index is 0.645. The van der Waals surface area contributed by atoms with Crippen LogP contribution in [0.25, 0.3) is 0 Å². The minimum absolute atomic E-state index is 0.645. The summed E-state index contributed by atoms with van der Waals surface area (Å²) in [6.07, 6.45) is 12.3. The van der Waals surface area contributed by atoms with Gasteiger partial charge in [-0.25, -0.2) is 5.32 Å². The Morgan fingerprint density at radius 1 is 1.33 bits per heavy atom. The van der Waals surface area contributed by atoms with E-state index in [-0.39, 0.29) is 0 Å². The Hall–Kier alpha value is -0.300. The highest BCUT2D eigenvalue weighted by molar-refractivity contribution is 4.87. The number of allylic oxidation sites excluding steroid dienone is 1. The van der Waals surface area contributed by atoms with Crippen molar-refractivity contribution in [2.45, 2.75) is 51.5 Å². The molecule has 1 saturated heterocycles. The van der Waals surface area contributed by atoms with E-state index in [1.165, 1.54) is 38.5 Å². The van der Waals surface area contributed by atoms with Gasteiger partial charge in [-0.3, -0.25) is 0 Å². The molecule has 0 aromatic rings. The fourth-order valence-corrected chi connectivity index (χ4v) is 1.59. The van der Waals surface area contributed by atoms with Gasteiger partial charge in [-0.15, -0.1) is 0 Å². The van der Waals surface area contributed by atoms with Crippen LogP contribution in [0.1, 0.15) is 45.4 Å². The van der Waals surface area contributed by atoms with Gasteiger partial charge in [-0.1, -0.05) is 31.9 Å². The van der Waals surface area contributed by atoms with Crippen molar-refractivity contribution >= 4 is 0 Å². The van der Waals surface area contributed by atoms with Crippen LogP contribution in [0.3, 0.4) is 0 Å². The summed E-state index contributed by atoms with van der Waals surface area (Å²) in [6, 6.07) is 0.645. The zero-order valence-electron chi connectivity index (χ0n) is 8.13. The van der Waals surface area contributed by atoms with E-state index < -0.39 is 0 Å². The maximum atomic E-state index is 4.58. The number of hydrogen-bond donors (Lipinski definition) is 0. The van der Waals surface area contributed by atoms with Crippen LogP contribution < -0.4 is 5.32 Å². The first-order chi connectivity index (χ1) is 5.93. The lowest BCUT2D eigenvalue weighted by molar-refractivity contribution is 0.395. The Balaban J connectivity index is 2.04. The third-order valence-electron chi connectivity index (χ3n) is 2.36. The molecular weight excluding hydrogens is 146 g/mol. The summed E-state index contributed by atoms with van der Waals surface area (Å²) in [6.45, 7) is 3.32. The quantitative estimate of drug-likeness (QED) is 0.570. The van der Waals surface area contributed by atoms with Crippen molar-refractivity contribution in [2.75, 3.05) is 6.54 Å². The topological polar surface area (TPSA) is 14.1 Å². The van der Waals surface area contributed by atoms with Crippen molar-refractivity contribution in [2.24, 2.45) is 0 Å². The van der Waals surface area contributed by atoms with Crippen molar-refractivity contribution in [3.05, 3.63) is 12.2 Å². The first-order valence-corrected chi connectivity index (χ1v) is 5.25. The normalized spacial score (nSPS) is 24.9. The predicted molar refractivity (Wildman–Crippen MR) is 53.3 cm³/mol. The Morgan fingerprint density at radius 3 is 2.92 bits per heavy atom. The molecule has 69 valence electrons. The first kappa shape index (κ1) is 9.79. The molecule has 1 unspecified atom stereocenters. The summed E-state index contributed by atoms with van der Waals surface area (Å²) >= 11 is 0. The summed E-state index contributed by atoms with van der Waals surface area (Å²) in [4.78, 5) is 0. The average molecular weight is 166 g/mol. The Morgan fingerprint density at radius 2 is 2.25 bits per heavy atom. The number of nitrogens with zero attached hydrogens (tertiary/aromatic N) is 1. The predicted octanol–water partition coefficient (Wildman–Crippen LogP) is 2.89. The molecule has 12 heavy (non-hydrogen) atoms. The summed E-state index contributed by atoms with van der Waals surface area (Å²) in [7, 11) is 0. The molecule has 0 aliphatic carbocycles. The molecule has 1 heterocycles. The molecule has 1 aliphatic rings. The van der Waals surface area contributed by atoms with Crippen LogP contribution in [-0.4, -0.2) is 12.6 Å². The number of piperidine rings is 1. The lowest BCUT2D eigenvalue weighted by atomic mass is 10.0. The fraction of sp³-hybridized carbons (Fsp3) is 0.818. The summed E-state index contributed by atoms with van der Waals surface area (Å²) in [5.74, 6) is 0. The largest absolute Gasteiger partial charge is 0.238 e. The highest BCUT2D eigenvalue weighted by Gasteiger charge is 2.11. The Bertz CT molecular complexity index is 123. The standard InChI is InChI=1S/C11H20N/c1-2-3-4-5-8-11-9-6-7-10-12-11/h4-5,11H,2-3,6-10H2,1H3/b5-4+. The molecule has 0 amide bonds. The molecule has 1 atom stereocenters. The molecule has 1 nitrogen and oxygen atoms in total. The Kier molecular flexibility index (Phi) is 5.09. The van der Waals surface area contributed by atoms with Gasteiger partial charge in [0.1, 0.15) is 0 Å². The number of hydrogen-bond acceptors (Lipinski definition) is 0. The summed E-state index contributed by atoms with van der Waals surface area (Å²) in [5, 5.41) is 4.58. The zero-order chi connectivity index (χ0) is 8.65. The van der Waals surface area contributed by atoms with E-state index in [9.17, 15) is 0 Å². The zero-order valence-corrected chi connectivity index (χ0v) is 8.13. The van der Waals surface area contributed by atoms with Gasteiger partial charge >= 0.3 is 0 Å². The third kappa shape index (κ3) is 3.91. The van der Waals surface area contributed by atoms with Crippen LogP contribution in [0, 0.1) is 0 Å². The second-order valence-corrected chi connectivity index (χ2v) is 3.55. The van der Waals surface area contributed by atoms with Crippen molar-refractivity contribution in [3.8, 4) is 0 Å². The molecule has 1 fully saturated rings. The highest BCUT2D eigenvalue weighted by Crippen LogP contribution is 2.11. The van der Waals surface area contributed by atoms with Gasteiger partial charge in [0, 0.05) is 12.6 Å². The van der Waals surface area contributed by atoms with Crippen LogP contribution in [0.2, 0.25) is 0 Å². The van der Waals surface area contributed by atoms with Crippen LogP contribution in [0.5, 0.6) is 0 Å². The second kappa shape index (κ2) is 6.24. The molecule has 1 heteroatoms. The molecule has 0 aromatic carbocycles. The van der Waals surface area contributed by atoms with Gasteiger partial charge in [0.05, 0.1) is 0 Å². The monoisotopic (exact) mass is 166 g/mol. The lowest BCUT2D eigenvalue weighted by Gasteiger charge is -2.19. The van der Waals surface area contributed by atoms with Gasteiger partial charge in [0.2, 0.25) is 0 Å². The average Bonchev–Trinajstić information content (AvgIpc) is 2.14. The van der Waals surface area contributed by atoms with E-state index >= 15 is 0 Å². The van der Waals surface area contributed by atoms with Crippen LogP contribution >= 0.6 is 0 Å². The molecule has 0 aromatic heterocycles. The van der Waals surface area contributed by atoms with Gasteiger partial charge in [-0.2, -0.15) is 0 Å². The van der Waals surface area contributed by atoms with Crippen LogP contribution in [-0.2, 0) is 0 Å². The van der Waals surface area contributed by atoms with Crippen molar-refractivity contribution in [1.29, 1.82) is 0 Å². The van der Waals surface area contributed by atoms with E-state index in [0.29, 0.717) is 6.04 Å². The fourth-order valence-electron chi connectivity index (χ4n) is 1.59. The van der Waals surface area contributed by atoms with Crippen molar-refractivity contribution in [3.63, 3.8) is 0 Å². The maximum Gasteiger partial charge on any atom is 0.0280 e. The minimum Gasteiger partial charge on any atom is -0.238 e. The van der Waals surface area contributed by atoms with Crippen LogP contribution in [0.15, 0.2) is 12.2 Å². The van der Waals surface area contributed by atoms with E-state index in [0.717, 1.165) is 6.54 Å². The molecule has 0 bridgehead atoms. The third-order valence-corrected chi connectivity index (χ3v) is 2.36. The van der Waals surface area contributed by atoms with E-state index in [4.69, 9.17) is 0 Å². The maximum absolute atomic E-state index is 4.58. The van der Waals surface area contributed by atoms with E-state index in [1.807, 2.05) is 0 Å². The summed E-state index contributed by atoms with van der Waals surface area (Å²) < 4.78 is 0. The molecule has 1 radical (unpaired) electrons. The molecule has 1 aliphatic heterocycles. The van der Waals surface area contributed by atoms with E-state index in [2.05, 4.69) is 24.4 Å². The molecular formula is C11H20N. The second-order valence-electron chi connectivity index (χ2n) is 3.55. The van der Waals surface area contributed by atoms with E-state index in [1.54, 1.807) is 0 Å². The Labute approximate surface area is 76.2 Å². The highest BCUT2D eigenvalue weighted by atomic mass is 14.9. The van der Waals surface area contributed by atoms with Gasteiger partial charge in [0.25, 0.3) is 0 Å². The number of unbranched alkanes of at least 4 members (excludes halogenated alkanes) is 1. The lowest BCUT2D eigenvalue weighted by Crippen LogP contribution is -2.26. The SMILES string of the molecule is CCC/C=C/CC1CCCC[N]1. The number of rotatable bonds is 4. The summed E-state index contributed by atoms with van der Waals surface area (Å²) in [5.41, 5.74) is 0. The van der Waals surface area contributed by atoms with Crippen molar-refractivity contribution in [1.82, 2.24) is 5.32 Å². The molecule has 0 N–H and O–H groups in total. The van der Waals surface area contributed by atoms with Crippen LogP contribution in [0.4, 0.5) is 0 Å². The van der Waals surface area contributed by atoms with Gasteiger partial charge in [-0.05, 0) is 25.7 Å². The molecule has 0 saturated carbocycles. The van der Waals surface area contributed by atoms with Crippen molar-refractivity contribution < 1.29 is 0 Å². The van der Waals surface area contributed by atoms with Gasteiger partial charge in [0.15, 0.2) is 0 Å².